The van der Waals surface area contributed by atoms with Crippen LogP contribution in [0.25, 0.3) is 0 Å². The van der Waals surface area contributed by atoms with Crippen LogP contribution in [-0.2, 0) is 4.74 Å². The van der Waals surface area contributed by atoms with Gasteiger partial charge in [0, 0.05) is 39.3 Å². The van der Waals surface area contributed by atoms with Crippen LogP contribution in [0.15, 0.2) is 10.8 Å². The smallest absolute Gasteiger partial charge is 0.410 e. The average Bonchev–Trinajstić information content (AvgIpc) is 2.97. The second-order valence-corrected chi connectivity index (χ2v) is 8.65. The summed E-state index contributed by atoms with van der Waals surface area (Å²) in [5.41, 5.74) is -0.470. The van der Waals surface area contributed by atoms with Crippen molar-refractivity contribution in [2.24, 2.45) is 0 Å². The molecule has 144 valence electrons. The number of carbonyl (C=O) groups is 1. The molecular formula is C18H28BrN5O2. The number of halogens is 1. The second-order valence-electron chi connectivity index (χ2n) is 7.84. The molecule has 2 saturated heterocycles. The minimum absolute atomic E-state index is 0.237. The molecule has 0 unspecified atom stereocenters. The number of anilines is 2. The van der Waals surface area contributed by atoms with Gasteiger partial charge >= 0.3 is 6.09 Å². The lowest BCUT2D eigenvalue weighted by Gasteiger charge is -2.28. The van der Waals surface area contributed by atoms with Crippen molar-refractivity contribution in [3.63, 3.8) is 0 Å². The number of carbonyl (C=O) groups excluding carboxylic acids is 1. The van der Waals surface area contributed by atoms with Crippen LogP contribution in [0, 0.1) is 0 Å². The molecule has 0 spiro atoms. The molecule has 2 fully saturated rings. The van der Waals surface area contributed by atoms with Gasteiger partial charge in [-0.3, -0.25) is 0 Å². The molecule has 1 amide bonds. The Hall–Kier alpha value is -1.57. The fourth-order valence-electron chi connectivity index (χ4n) is 3.35. The third-order valence-electron chi connectivity index (χ3n) is 4.56. The zero-order valence-electron chi connectivity index (χ0n) is 15.9. The van der Waals surface area contributed by atoms with Gasteiger partial charge in [-0.05, 0) is 56.0 Å². The zero-order chi connectivity index (χ0) is 18.7. The van der Waals surface area contributed by atoms with Crippen LogP contribution < -0.4 is 9.80 Å². The van der Waals surface area contributed by atoms with Gasteiger partial charge in [-0.25, -0.2) is 14.8 Å². The number of hydrogen-bond donors (Lipinski definition) is 0. The van der Waals surface area contributed by atoms with Crippen LogP contribution in [0.4, 0.5) is 16.4 Å². The maximum atomic E-state index is 12.4. The molecule has 0 N–H and O–H groups in total. The van der Waals surface area contributed by atoms with Crippen molar-refractivity contribution in [1.29, 1.82) is 0 Å². The summed E-state index contributed by atoms with van der Waals surface area (Å²) in [6.45, 7) is 10.7. The summed E-state index contributed by atoms with van der Waals surface area (Å²) in [5, 5.41) is 0. The summed E-state index contributed by atoms with van der Waals surface area (Å²) >= 11 is 3.46. The van der Waals surface area contributed by atoms with Crippen LogP contribution >= 0.6 is 15.9 Å². The molecule has 26 heavy (non-hydrogen) atoms. The van der Waals surface area contributed by atoms with E-state index in [2.05, 4.69) is 30.7 Å². The first-order valence-corrected chi connectivity index (χ1v) is 10.1. The number of rotatable bonds is 2. The zero-order valence-corrected chi connectivity index (χ0v) is 17.5. The molecule has 2 aliphatic rings. The highest BCUT2D eigenvalue weighted by atomic mass is 79.9. The lowest BCUT2D eigenvalue weighted by molar-refractivity contribution is 0.0263. The molecule has 3 rings (SSSR count). The van der Waals surface area contributed by atoms with Crippen molar-refractivity contribution < 1.29 is 9.53 Å². The molecule has 2 aliphatic heterocycles. The molecule has 1 aromatic heterocycles. The van der Waals surface area contributed by atoms with Gasteiger partial charge in [0.05, 0.1) is 6.20 Å². The Bertz CT molecular complexity index is 643. The Labute approximate surface area is 163 Å². The summed E-state index contributed by atoms with van der Waals surface area (Å²) in [5.74, 6) is 1.86. The third kappa shape index (κ3) is 4.78. The molecule has 3 heterocycles. The minimum atomic E-state index is -0.470. The molecule has 0 radical (unpaired) electrons. The molecule has 0 bridgehead atoms. The van der Waals surface area contributed by atoms with Crippen LogP contribution in [0.1, 0.15) is 40.0 Å². The number of ether oxygens (including phenoxy) is 1. The fourth-order valence-corrected chi connectivity index (χ4v) is 3.62. The summed E-state index contributed by atoms with van der Waals surface area (Å²) in [6.07, 6.45) is 4.81. The number of amides is 1. The molecule has 0 aliphatic carbocycles. The van der Waals surface area contributed by atoms with Gasteiger partial charge < -0.3 is 19.4 Å². The third-order valence-corrected chi connectivity index (χ3v) is 4.94. The van der Waals surface area contributed by atoms with Crippen LogP contribution in [0.3, 0.4) is 0 Å². The molecule has 0 atom stereocenters. The monoisotopic (exact) mass is 425 g/mol. The van der Waals surface area contributed by atoms with Crippen molar-refractivity contribution in [2.75, 3.05) is 49.1 Å². The molecule has 7 nitrogen and oxygen atoms in total. The molecule has 0 saturated carbocycles. The molecule has 1 aromatic rings. The van der Waals surface area contributed by atoms with Crippen molar-refractivity contribution in [2.45, 2.75) is 45.6 Å². The Morgan fingerprint density at radius 1 is 1.00 bits per heavy atom. The lowest BCUT2D eigenvalue weighted by atomic mass is 10.2. The number of aromatic nitrogens is 2. The first-order valence-electron chi connectivity index (χ1n) is 9.34. The van der Waals surface area contributed by atoms with Crippen LogP contribution in [0.5, 0.6) is 0 Å². The van der Waals surface area contributed by atoms with E-state index >= 15 is 0 Å². The topological polar surface area (TPSA) is 61.8 Å². The van der Waals surface area contributed by atoms with Crippen molar-refractivity contribution >= 4 is 33.7 Å². The Kier molecular flexibility index (Phi) is 5.89. The Morgan fingerprint density at radius 3 is 2.35 bits per heavy atom. The number of nitrogens with zero attached hydrogens (tertiary/aromatic N) is 5. The summed E-state index contributed by atoms with van der Waals surface area (Å²) in [4.78, 5) is 28.1. The molecule has 8 heteroatoms. The van der Waals surface area contributed by atoms with E-state index in [0.717, 1.165) is 48.8 Å². The Morgan fingerprint density at radius 2 is 1.65 bits per heavy atom. The van der Waals surface area contributed by atoms with Crippen molar-refractivity contribution in [3.8, 4) is 0 Å². The highest BCUT2D eigenvalue weighted by molar-refractivity contribution is 9.10. The van der Waals surface area contributed by atoms with Gasteiger partial charge in [-0.1, -0.05) is 0 Å². The molecule has 0 aromatic carbocycles. The van der Waals surface area contributed by atoms with Crippen molar-refractivity contribution in [1.82, 2.24) is 14.9 Å². The van der Waals surface area contributed by atoms with E-state index < -0.39 is 5.60 Å². The highest BCUT2D eigenvalue weighted by Gasteiger charge is 2.27. The van der Waals surface area contributed by atoms with E-state index in [1.165, 1.54) is 12.8 Å². The molecular weight excluding hydrogens is 398 g/mol. The van der Waals surface area contributed by atoms with E-state index in [0.29, 0.717) is 13.1 Å². The van der Waals surface area contributed by atoms with E-state index in [1.807, 2.05) is 20.8 Å². The van der Waals surface area contributed by atoms with Gasteiger partial charge in [-0.2, -0.15) is 0 Å². The van der Waals surface area contributed by atoms with Gasteiger partial charge in [0.1, 0.15) is 10.2 Å². The first kappa shape index (κ1) is 19.2. The normalized spacial score (nSPS) is 18.8. The minimum Gasteiger partial charge on any atom is -0.444 e. The van der Waals surface area contributed by atoms with Gasteiger partial charge in [-0.15, -0.1) is 0 Å². The summed E-state index contributed by atoms with van der Waals surface area (Å²) in [7, 11) is 0. The van der Waals surface area contributed by atoms with E-state index in [-0.39, 0.29) is 6.09 Å². The van der Waals surface area contributed by atoms with Gasteiger partial charge in [0.2, 0.25) is 0 Å². The van der Waals surface area contributed by atoms with Crippen molar-refractivity contribution in [3.05, 3.63) is 10.8 Å². The predicted octanol–water partition coefficient (Wildman–Crippen LogP) is 3.29. The summed E-state index contributed by atoms with van der Waals surface area (Å²) < 4.78 is 6.26. The maximum absolute atomic E-state index is 12.4. The fraction of sp³-hybridized carbons (Fsp3) is 0.722. The first-order chi connectivity index (χ1) is 12.3. The Balaban J connectivity index is 1.73. The predicted molar refractivity (Wildman–Crippen MR) is 106 cm³/mol. The average molecular weight is 426 g/mol. The van der Waals surface area contributed by atoms with E-state index in [1.54, 1.807) is 11.1 Å². The van der Waals surface area contributed by atoms with E-state index in [9.17, 15) is 4.79 Å². The van der Waals surface area contributed by atoms with Crippen LogP contribution in [0.2, 0.25) is 0 Å². The van der Waals surface area contributed by atoms with E-state index in [4.69, 9.17) is 9.72 Å². The quantitative estimate of drug-likeness (QED) is 0.724. The lowest BCUT2D eigenvalue weighted by Crippen LogP contribution is -2.39. The van der Waals surface area contributed by atoms with Gasteiger partial charge in [0.15, 0.2) is 11.6 Å². The highest BCUT2D eigenvalue weighted by Crippen LogP contribution is 2.30. The number of hydrogen-bond acceptors (Lipinski definition) is 6. The van der Waals surface area contributed by atoms with Gasteiger partial charge in [0.25, 0.3) is 0 Å². The summed E-state index contributed by atoms with van der Waals surface area (Å²) in [6, 6.07) is 0. The van der Waals surface area contributed by atoms with Crippen LogP contribution in [-0.4, -0.2) is 65.8 Å². The second kappa shape index (κ2) is 7.98. The maximum Gasteiger partial charge on any atom is 0.410 e. The SMILES string of the molecule is CC(C)(C)OC(=O)N1CCCN(c2nc(Br)cnc2N2CCCC2)CC1. The standard InChI is InChI=1S/C18H28BrN5O2/c1-18(2,3)26-17(25)24-10-6-9-23(11-12-24)16-15(20-13-14(19)21-16)22-7-4-5-8-22/h13H,4-12H2,1-3H3. The largest absolute Gasteiger partial charge is 0.444 e.